The first-order valence-corrected chi connectivity index (χ1v) is 10.5. The zero-order chi connectivity index (χ0) is 16.7. The van der Waals surface area contributed by atoms with E-state index in [2.05, 4.69) is 53.3 Å². The minimum absolute atomic E-state index is 0.562. The van der Waals surface area contributed by atoms with Crippen LogP contribution in [0.4, 0.5) is 0 Å². The number of rotatable bonds is 6. The summed E-state index contributed by atoms with van der Waals surface area (Å²) in [5.41, 5.74) is 1.83. The lowest BCUT2D eigenvalue weighted by atomic mass is 9.48. The average Bonchev–Trinajstić information content (AvgIpc) is 2.53. The van der Waals surface area contributed by atoms with Crippen molar-refractivity contribution in [1.82, 2.24) is 5.32 Å². The van der Waals surface area contributed by atoms with Gasteiger partial charge in [0.15, 0.2) is 0 Å². The minimum Gasteiger partial charge on any atom is -0.494 e. The molecule has 5 rings (SSSR count). The van der Waals surface area contributed by atoms with Crippen molar-refractivity contribution in [3.05, 3.63) is 28.2 Å². The summed E-state index contributed by atoms with van der Waals surface area (Å²) in [6.45, 7) is 6.11. The highest BCUT2D eigenvalue weighted by molar-refractivity contribution is 9.10. The lowest BCUT2D eigenvalue weighted by Crippen LogP contribution is -2.54. The van der Waals surface area contributed by atoms with Gasteiger partial charge in [0.05, 0.1) is 6.61 Å². The Morgan fingerprint density at radius 3 is 2.38 bits per heavy atom. The SMILES string of the molecule is CCOc1ccc(Br)cc1CN[C@@H](C)C12CC3CC(CC(C3)C1)C2. The van der Waals surface area contributed by atoms with Gasteiger partial charge in [-0.2, -0.15) is 0 Å². The lowest BCUT2D eigenvalue weighted by molar-refractivity contribution is -0.0706. The van der Waals surface area contributed by atoms with Gasteiger partial charge in [0, 0.05) is 22.6 Å². The van der Waals surface area contributed by atoms with Crippen LogP contribution in [-0.4, -0.2) is 12.6 Å². The second-order valence-corrected chi connectivity index (χ2v) is 9.48. The van der Waals surface area contributed by atoms with Crippen molar-refractivity contribution in [2.24, 2.45) is 23.2 Å². The van der Waals surface area contributed by atoms with Crippen molar-refractivity contribution >= 4 is 15.9 Å². The van der Waals surface area contributed by atoms with E-state index < -0.39 is 0 Å². The van der Waals surface area contributed by atoms with Gasteiger partial charge in [0.2, 0.25) is 0 Å². The maximum Gasteiger partial charge on any atom is 0.123 e. The Labute approximate surface area is 154 Å². The van der Waals surface area contributed by atoms with Gasteiger partial charge in [0.25, 0.3) is 0 Å². The molecule has 132 valence electrons. The molecule has 0 spiro atoms. The molecule has 0 aromatic heterocycles. The Bertz CT molecular complexity index is 564. The highest BCUT2D eigenvalue weighted by Crippen LogP contribution is 2.61. The summed E-state index contributed by atoms with van der Waals surface area (Å²) < 4.78 is 6.94. The number of hydrogen-bond donors (Lipinski definition) is 1. The van der Waals surface area contributed by atoms with Gasteiger partial charge in [-0.25, -0.2) is 0 Å². The summed E-state index contributed by atoms with van der Waals surface area (Å²) in [7, 11) is 0. The molecule has 4 saturated carbocycles. The summed E-state index contributed by atoms with van der Waals surface area (Å²) >= 11 is 3.60. The molecule has 1 aromatic carbocycles. The first-order valence-electron chi connectivity index (χ1n) is 9.72. The van der Waals surface area contributed by atoms with Crippen molar-refractivity contribution in [2.75, 3.05) is 6.61 Å². The largest absolute Gasteiger partial charge is 0.494 e. The number of ether oxygens (including phenoxy) is 1. The Hall–Kier alpha value is -0.540. The monoisotopic (exact) mass is 391 g/mol. The molecule has 1 aromatic rings. The molecule has 24 heavy (non-hydrogen) atoms. The van der Waals surface area contributed by atoms with E-state index in [9.17, 15) is 0 Å². The molecule has 0 unspecified atom stereocenters. The number of hydrogen-bond acceptors (Lipinski definition) is 2. The van der Waals surface area contributed by atoms with Crippen LogP contribution in [0.5, 0.6) is 5.75 Å². The van der Waals surface area contributed by atoms with E-state index in [1.165, 1.54) is 44.1 Å². The summed E-state index contributed by atoms with van der Waals surface area (Å²) in [5, 5.41) is 3.88. The molecule has 4 fully saturated rings. The van der Waals surface area contributed by atoms with E-state index in [0.717, 1.165) is 41.1 Å². The standard InChI is InChI=1S/C21H30BrNO/c1-3-24-20-5-4-19(22)9-18(20)13-23-14(2)21-10-15-6-16(11-21)8-17(7-15)12-21/h4-5,9,14-17,23H,3,6-8,10-13H2,1-2H3/t14-,15?,16?,17?,21?/m0/s1. The number of nitrogens with one attached hydrogen (secondary N) is 1. The first-order chi connectivity index (χ1) is 11.6. The molecule has 2 nitrogen and oxygen atoms in total. The molecule has 0 aliphatic heterocycles. The molecule has 4 bridgehead atoms. The normalized spacial score (nSPS) is 35.2. The predicted octanol–water partition coefficient (Wildman–Crippen LogP) is 5.54. The van der Waals surface area contributed by atoms with Crippen LogP contribution in [-0.2, 0) is 6.54 Å². The molecular formula is C21H30BrNO. The Morgan fingerprint density at radius 1 is 1.17 bits per heavy atom. The van der Waals surface area contributed by atoms with E-state index in [1.54, 1.807) is 0 Å². The van der Waals surface area contributed by atoms with E-state index in [0.29, 0.717) is 11.5 Å². The third kappa shape index (κ3) is 3.14. The maximum atomic E-state index is 5.81. The zero-order valence-corrected chi connectivity index (χ0v) is 16.6. The van der Waals surface area contributed by atoms with E-state index in [-0.39, 0.29) is 0 Å². The molecular weight excluding hydrogens is 362 g/mol. The van der Waals surface area contributed by atoms with Gasteiger partial charge in [-0.15, -0.1) is 0 Å². The van der Waals surface area contributed by atoms with Gasteiger partial charge < -0.3 is 10.1 Å². The number of halogens is 1. The molecule has 0 saturated heterocycles. The van der Waals surface area contributed by atoms with Crippen LogP contribution in [0.1, 0.15) is 57.9 Å². The molecule has 4 aliphatic rings. The third-order valence-electron chi connectivity index (χ3n) is 6.93. The molecule has 0 amide bonds. The second-order valence-electron chi connectivity index (χ2n) is 8.57. The summed E-state index contributed by atoms with van der Waals surface area (Å²) in [5.74, 6) is 4.08. The topological polar surface area (TPSA) is 21.3 Å². The van der Waals surface area contributed by atoms with Crippen molar-refractivity contribution in [3.8, 4) is 5.75 Å². The molecule has 0 radical (unpaired) electrons. The van der Waals surface area contributed by atoms with Crippen LogP contribution in [0.15, 0.2) is 22.7 Å². The fourth-order valence-corrected chi connectivity index (χ4v) is 6.58. The Balaban J connectivity index is 1.45. The van der Waals surface area contributed by atoms with Crippen molar-refractivity contribution < 1.29 is 4.74 Å². The van der Waals surface area contributed by atoms with Crippen molar-refractivity contribution in [3.63, 3.8) is 0 Å². The Morgan fingerprint density at radius 2 is 1.79 bits per heavy atom. The van der Waals surface area contributed by atoms with E-state index in [4.69, 9.17) is 4.74 Å². The van der Waals surface area contributed by atoms with E-state index >= 15 is 0 Å². The second kappa shape index (κ2) is 6.64. The highest BCUT2D eigenvalue weighted by Gasteiger charge is 2.52. The minimum atomic E-state index is 0.562. The summed E-state index contributed by atoms with van der Waals surface area (Å²) in [6, 6.07) is 6.95. The quantitative estimate of drug-likeness (QED) is 0.686. The van der Waals surface area contributed by atoms with Gasteiger partial charge in [0.1, 0.15) is 5.75 Å². The summed E-state index contributed by atoms with van der Waals surface area (Å²) in [4.78, 5) is 0. The van der Waals surface area contributed by atoms with E-state index in [1.807, 2.05) is 0 Å². The molecule has 3 heteroatoms. The van der Waals surface area contributed by atoms with Gasteiger partial charge in [-0.3, -0.25) is 0 Å². The molecule has 1 N–H and O–H groups in total. The van der Waals surface area contributed by atoms with Gasteiger partial charge in [-0.1, -0.05) is 15.9 Å². The van der Waals surface area contributed by atoms with Crippen LogP contribution in [0.2, 0.25) is 0 Å². The van der Waals surface area contributed by atoms with Crippen LogP contribution in [0.3, 0.4) is 0 Å². The predicted molar refractivity (Wildman–Crippen MR) is 102 cm³/mol. The fourth-order valence-electron chi connectivity index (χ4n) is 6.17. The highest BCUT2D eigenvalue weighted by atomic mass is 79.9. The Kier molecular flexibility index (Phi) is 4.68. The lowest BCUT2D eigenvalue weighted by Gasteiger charge is -2.59. The summed E-state index contributed by atoms with van der Waals surface area (Å²) in [6.07, 6.45) is 8.95. The first kappa shape index (κ1) is 16.9. The van der Waals surface area contributed by atoms with Crippen molar-refractivity contribution in [1.29, 1.82) is 0 Å². The third-order valence-corrected chi connectivity index (χ3v) is 7.42. The van der Waals surface area contributed by atoms with Crippen molar-refractivity contribution in [2.45, 2.75) is 65.0 Å². The van der Waals surface area contributed by atoms with Crippen LogP contribution >= 0.6 is 15.9 Å². The van der Waals surface area contributed by atoms with Crippen LogP contribution in [0, 0.1) is 23.2 Å². The molecule has 0 heterocycles. The van der Waals surface area contributed by atoms with Gasteiger partial charge in [-0.05, 0) is 93.7 Å². The van der Waals surface area contributed by atoms with Crippen LogP contribution in [0.25, 0.3) is 0 Å². The zero-order valence-electron chi connectivity index (χ0n) is 15.0. The smallest absolute Gasteiger partial charge is 0.123 e. The fraction of sp³-hybridized carbons (Fsp3) is 0.714. The maximum absolute atomic E-state index is 5.81. The average molecular weight is 392 g/mol. The van der Waals surface area contributed by atoms with Gasteiger partial charge >= 0.3 is 0 Å². The van der Waals surface area contributed by atoms with Crippen LogP contribution < -0.4 is 10.1 Å². The number of benzene rings is 1. The molecule has 1 atom stereocenters. The molecule has 4 aliphatic carbocycles.